The molecule has 0 fully saturated rings. The summed E-state index contributed by atoms with van der Waals surface area (Å²) < 4.78 is 2.18. The molecule has 0 spiro atoms. The fraction of sp³-hybridized carbons (Fsp3) is 0.357. The average molecular weight is 306 g/mol. The zero-order valence-corrected chi connectivity index (χ0v) is 13.3. The maximum atomic E-state index is 4.76. The molecule has 0 unspecified atom stereocenters. The van der Waals surface area contributed by atoms with E-state index in [1.54, 1.807) is 11.3 Å². The minimum atomic E-state index is 0.830. The highest BCUT2D eigenvalue weighted by atomic mass is 32.1. The van der Waals surface area contributed by atoms with Crippen LogP contribution < -0.4 is 10.2 Å². The van der Waals surface area contributed by atoms with Gasteiger partial charge < -0.3 is 10.2 Å². The molecular formula is C14H18N4S2. The molecule has 0 saturated carbocycles. The van der Waals surface area contributed by atoms with Crippen molar-refractivity contribution in [1.82, 2.24) is 14.7 Å². The molecule has 0 aliphatic heterocycles. The summed E-state index contributed by atoms with van der Waals surface area (Å²) in [4.78, 5) is 9.51. The normalized spacial score (nSPS) is 11.3. The molecule has 4 nitrogen and oxygen atoms in total. The van der Waals surface area contributed by atoms with Crippen LogP contribution >= 0.6 is 22.7 Å². The number of nitrogens with one attached hydrogen (secondary N) is 1. The van der Waals surface area contributed by atoms with Crippen LogP contribution in [0.1, 0.15) is 10.6 Å². The van der Waals surface area contributed by atoms with E-state index < -0.39 is 0 Å². The first-order valence-corrected chi connectivity index (χ1v) is 8.38. The molecule has 3 aromatic rings. The van der Waals surface area contributed by atoms with Crippen molar-refractivity contribution >= 4 is 33.5 Å². The number of hydrogen-bond donors (Lipinski definition) is 1. The van der Waals surface area contributed by atoms with Gasteiger partial charge in [0.05, 0.1) is 5.69 Å². The van der Waals surface area contributed by atoms with Gasteiger partial charge in [0.15, 0.2) is 10.8 Å². The lowest BCUT2D eigenvalue weighted by Crippen LogP contribution is -2.23. The van der Waals surface area contributed by atoms with Gasteiger partial charge in [0.1, 0.15) is 0 Å². The quantitative estimate of drug-likeness (QED) is 0.760. The van der Waals surface area contributed by atoms with Crippen molar-refractivity contribution in [1.29, 1.82) is 0 Å². The van der Waals surface area contributed by atoms with Crippen molar-refractivity contribution in [3.8, 4) is 0 Å². The third-order valence-electron chi connectivity index (χ3n) is 3.32. The molecule has 0 bridgehead atoms. The van der Waals surface area contributed by atoms with Gasteiger partial charge in [-0.05, 0) is 24.9 Å². The smallest absolute Gasteiger partial charge is 0.195 e. The molecule has 3 aromatic heterocycles. The molecule has 0 saturated heterocycles. The van der Waals surface area contributed by atoms with Crippen LogP contribution in [-0.2, 0) is 13.0 Å². The van der Waals surface area contributed by atoms with Crippen molar-refractivity contribution < 1.29 is 0 Å². The molecule has 0 aliphatic carbocycles. The monoisotopic (exact) mass is 306 g/mol. The van der Waals surface area contributed by atoms with Gasteiger partial charge in [-0.15, -0.1) is 22.7 Å². The predicted molar refractivity (Wildman–Crippen MR) is 87.1 cm³/mol. The standard InChI is InChI=1S/C14H18N4S2/c1-15-10-12-13(16-14-18(12)7-9-20-14)17(2)6-5-11-4-3-8-19-11/h3-4,7-9,15H,5-6,10H2,1-2H3. The third kappa shape index (κ3) is 2.59. The van der Waals surface area contributed by atoms with Crippen LogP contribution in [-0.4, -0.2) is 30.0 Å². The lowest BCUT2D eigenvalue weighted by atomic mass is 10.3. The van der Waals surface area contributed by atoms with E-state index >= 15 is 0 Å². The Kier molecular flexibility index (Phi) is 4.05. The number of anilines is 1. The second kappa shape index (κ2) is 5.95. The Morgan fingerprint density at radius 1 is 1.35 bits per heavy atom. The Hall–Kier alpha value is -1.37. The highest BCUT2D eigenvalue weighted by Gasteiger charge is 2.15. The fourth-order valence-corrected chi connectivity index (χ4v) is 3.72. The molecule has 106 valence electrons. The minimum absolute atomic E-state index is 0.830. The minimum Gasteiger partial charge on any atom is -0.358 e. The van der Waals surface area contributed by atoms with E-state index in [1.165, 1.54) is 10.6 Å². The van der Waals surface area contributed by atoms with E-state index in [9.17, 15) is 0 Å². The average Bonchev–Trinajstić information content (AvgIpc) is 3.14. The summed E-state index contributed by atoms with van der Waals surface area (Å²) >= 11 is 3.50. The van der Waals surface area contributed by atoms with Crippen LogP contribution in [0.5, 0.6) is 0 Å². The van der Waals surface area contributed by atoms with Crippen molar-refractivity contribution in [3.05, 3.63) is 39.7 Å². The summed E-state index contributed by atoms with van der Waals surface area (Å²) in [6, 6.07) is 4.30. The summed E-state index contributed by atoms with van der Waals surface area (Å²) in [5.41, 5.74) is 1.23. The second-order valence-electron chi connectivity index (χ2n) is 4.72. The van der Waals surface area contributed by atoms with Crippen LogP contribution in [0.3, 0.4) is 0 Å². The molecule has 0 aromatic carbocycles. The topological polar surface area (TPSA) is 32.6 Å². The maximum Gasteiger partial charge on any atom is 0.195 e. The van der Waals surface area contributed by atoms with E-state index in [-0.39, 0.29) is 0 Å². The number of nitrogens with zero attached hydrogens (tertiary/aromatic N) is 3. The number of hydrogen-bond acceptors (Lipinski definition) is 5. The van der Waals surface area contributed by atoms with Crippen molar-refractivity contribution in [3.63, 3.8) is 0 Å². The van der Waals surface area contributed by atoms with Gasteiger partial charge in [-0.25, -0.2) is 4.98 Å². The van der Waals surface area contributed by atoms with E-state index in [1.807, 2.05) is 18.4 Å². The zero-order chi connectivity index (χ0) is 13.9. The molecule has 1 N–H and O–H groups in total. The van der Waals surface area contributed by atoms with Crippen LogP contribution in [0.4, 0.5) is 5.82 Å². The summed E-state index contributed by atoms with van der Waals surface area (Å²) in [5, 5.41) is 7.45. The van der Waals surface area contributed by atoms with Gasteiger partial charge in [-0.3, -0.25) is 4.40 Å². The van der Waals surface area contributed by atoms with Crippen LogP contribution in [0.25, 0.3) is 4.96 Å². The van der Waals surface area contributed by atoms with Crippen molar-refractivity contribution in [2.45, 2.75) is 13.0 Å². The number of imidazole rings is 1. The number of thiophene rings is 1. The Labute approximate surface area is 126 Å². The van der Waals surface area contributed by atoms with Crippen molar-refractivity contribution in [2.24, 2.45) is 0 Å². The molecule has 0 amide bonds. The van der Waals surface area contributed by atoms with E-state index in [4.69, 9.17) is 4.98 Å². The first-order valence-electron chi connectivity index (χ1n) is 6.62. The molecule has 3 heterocycles. The Morgan fingerprint density at radius 3 is 3.00 bits per heavy atom. The van der Waals surface area contributed by atoms with Gasteiger partial charge in [0.2, 0.25) is 0 Å². The summed E-state index contributed by atoms with van der Waals surface area (Å²) in [6.45, 7) is 1.82. The van der Waals surface area contributed by atoms with Gasteiger partial charge in [0, 0.05) is 36.6 Å². The van der Waals surface area contributed by atoms with Gasteiger partial charge >= 0.3 is 0 Å². The number of likely N-dealkylation sites (N-methyl/N-ethyl adjacent to an activating group) is 1. The molecule has 6 heteroatoms. The number of fused-ring (bicyclic) bond motifs is 1. The number of thiazole rings is 1. The first-order chi connectivity index (χ1) is 9.79. The Bertz CT molecular complexity index is 669. The molecule has 3 rings (SSSR count). The van der Waals surface area contributed by atoms with Crippen LogP contribution in [0.2, 0.25) is 0 Å². The lowest BCUT2D eigenvalue weighted by Gasteiger charge is -2.18. The first kappa shape index (κ1) is 13.6. The molecule has 20 heavy (non-hydrogen) atoms. The highest BCUT2D eigenvalue weighted by Crippen LogP contribution is 2.24. The fourth-order valence-electron chi connectivity index (χ4n) is 2.30. The van der Waals surface area contributed by atoms with E-state index in [2.05, 4.69) is 50.8 Å². The maximum absolute atomic E-state index is 4.76. The predicted octanol–water partition coefficient (Wildman–Crippen LogP) is 2.86. The second-order valence-corrected chi connectivity index (χ2v) is 6.62. The summed E-state index contributed by atoms with van der Waals surface area (Å²) in [5.74, 6) is 1.09. The number of aromatic nitrogens is 2. The molecule has 0 atom stereocenters. The zero-order valence-electron chi connectivity index (χ0n) is 11.7. The SMILES string of the molecule is CNCc1c(N(C)CCc2cccs2)nc2sccn12. The van der Waals surface area contributed by atoms with E-state index in [0.29, 0.717) is 0 Å². The lowest BCUT2D eigenvalue weighted by molar-refractivity contribution is 0.771. The summed E-state index contributed by atoms with van der Waals surface area (Å²) in [6.07, 6.45) is 3.16. The third-order valence-corrected chi connectivity index (χ3v) is 5.01. The van der Waals surface area contributed by atoms with Crippen LogP contribution in [0, 0.1) is 0 Å². The van der Waals surface area contributed by atoms with Gasteiger partial charge in [0.25, 0.3) is 0 Å². The van der Waals surface area contributed by atoms with Crippen LogP contribution in [0.15, 0.2) is 29.1 Å². The Morgan fingerprint density at radius 2 is 2.25 bits per heavy atom. The summed E-state index contributed by atoms with van der Waals surface area (Å²) in [7, 11) is 4.10. The molecular weight excluding hydrogens is 288 g/mol. The highest BCUT2D eigenvalue weighted by molar-refractivity contribution is 7.15. The largest absolute Gasteiger partial charge is 0.358 e. The van der Waals surface area contributed by atoms with Gasteiger partial charge in [-0.1, -0.05) is 6.07 Å². The molecule has 0 aliphatic rings. The number of rotatable bonds is 6. The van der Waals surface area contributed by atoms with Crippen molar-refractivity contribution in [2.75, 3.05) is 25.5 Å². The van der Waals surface area contributed by atoms with E-state index in [0.717, 1.165) is 30.3 Å². The Balaban J connectivity index is 1.80. The van der Waals surface area contributed by atoms with Gasteiger partial charge in [-0.2, -0.15) is 0 Å². The molecule has 0 radical (unpaired) electrons.